The van der Waals surface area contributed by atoms with Gasteiger partial charge in [0.15, 0.2) is 5.75 Å². The van der Waals surface area contributed by atoms with Gasteiger partial charge in [0.1, 0.15) is 5.69 Å². The first-order valence-electron chi connectivity index (χ1n) is 3.69. The molecule has 2 heterocycles. The van der Waals surface area contributed by atoms with Gasteiger partial charge in [0, 0.05) is 6.92 Å². The van der Waals surface area contributed by atoms with Gasteiger partial charge in [-0.25, -0.2) is 4.98 Å². The van der Waals surface area contributed by atoms with E-state index in [0.29, 0.717) is 17.4 Å². The van der Waals surface area contributed by atoms with Crippen molar-refractivity contribution in [2.45, 2.75) is 6.92 Å². The molecule has 2 rings (SSSR count). The zero-order chi connectivity index (χ0) is 9.26. The van der Waals surface area contributed by atoms with Gasteiger partial charge in [-0.3, -0.25) is 5.11 Å². The zero-order valence-electron chi connectivity index (χ0n) is 6.89. The standard InChI is InChI=1S/C8H6N3O2/c1-5-10-8(11-13-5)7-3-2-6(12)4-9-7/h2-4H,1H3. The first kappa shape index (κ1) is 7.72. The number of rotatable bonds is 1. The number of aromatic nitrogens is 3. The van der Waals surface area contributed by atoms with Crippen LogP contribution in [0.3, 0.4) is 0 Å². The van der Waals surface area contributed by atoms with Crippen LogP contribution in [0.5, 0.6) is 5.75 Å². The highest BCUT2D eigenvalue weighted by Gasteiger charge is 2.06. The van der Waals surface area contributed by atoms with Crippen LogP contribution in [0.4, 0.5) is 0 Å². The molecule has 0 saturated heterocycles. The zero-order valence-corrected chi connectivity index (χ0v) is 6.89. The van der Waals surface area contributed by atoms with Crippen LogP contribution in [-0.2, 0) is 5.11 Å². The van der Waals surface area contributed by atoms with E-state index < -0.39 is 0 Å². The van der Waals surface area contributed by atoms with Crippen LogP contribution < -0.4 is 0 Å². The molecule has 0 fully saturated rings. The molecule has 0 saturated carbocycles. The fourth-order valence-corrected chi connectivity index (χ4v) is 0.916. The number of nitrogens with zero attached hydrogens (tertiary/aromatic N) is 3. The highest BCUT2D eigenvalue weighted by molar-refractivity contribution is 5.48. The van der Waals surface area contributed by atoms with Gasteiger partial charge in [-0.2, -0.15) is 4.98 Å². The lowest BCUT2D eigenvalue weighted by molar-refractivity contribution is 0.353. The van der Waals surface area contributed by atoms with Gasteiger partial charge < -0.3 is 4.52 Å². The van der Waals surface area contributed by atoms with Gasteiger partial charge in [-0.1, -0.05) is 5.16 Å². The molecule has 5 heteroatoms. The molecule has 0 aliphatic rings. The predicted molar refractivity (Wildman–Crippen MR) is 42.4 cm³/mol. The van der Waals surface area contributed by atoms with Crippen molar-refractivity contribution in [2.24, 2.45) is 0 Å². The topological polar surface area (TPSA) is 71.7 Å². The Labute approximate surface area is 74.1 Å². The van der Waals surface area contributed by atoms with E-state index in [9.17, 15) is 5.11 Å². The normalized spacial score (nSPS) is 10.2. The first-order valence-corrected chi connectivity index (χ1v) is 3.69. The van der Waals surface area contributed by atoms with Crippen LogP contribution in [-0.4, -0.2) is 15.1 Å². The monoisotopic (exact) mass is 176 g/mol. The Morgan fingerprint density at radius 1 is 1.38 bits per heavy atom. The van der Waals surface area contributed by atoms with E-state index in [2.05, 4.69) is 15.1 Å². The summed E-state index contributed by atoms with van der Waals surface area (Å²) in [6, 6.07) is 2.97. The molecule has 5 nitrogen and oxygen atoms in total. The summed E-state index contributed by atoms with van der Waals surface area (Å²) in [7, 11) is 0. The molecule has 0 bridgehead atoms. The molecule has 0 amide bonds. The summed E-state index contributed by atoms with van der Waals surface area (Å²) in [6.07, 6.45) is 1.22. The molecule has 0 aromatic carbocycles. The molecule has 0 atom stereocenters. The third-order valence-corrected chi connectivity index (χ3v) is 1.49. The third-order valence-electron chi connectivity index (χ3n) is 1.49. The smallest absolute Gasteiger partial charge is 0.223 e. The number of hydrogen-bond acceptors (Lipinski definition) is 4. The minimum Gasteiger partial charge on any atom is -0.339 e. The van der Waals surface area contributed by atoms with Crippen LogP contribution in [0, 0.1) is 6.92 Å². The number of hydrogen-bond donors (Lipinski definition) is 0. The molecule has 0 unspecified atom stereocenters. The van der Waals surface area contributed by atoms with E-state index in [1.54, 1.807) is 13.0 Å². The molecular weight excluding hydrogens is 170 g/mol. The van der Waals surface area contributed by atoms with E-state index in [1.807, 2.05) is 0 Å². The summed E-state index contributed by atoms with van der Waals surface area (Å²) < 4.78 is 4.77. The fraction of sp³-hybridized carbons (Fsp3) is 0.125. The Morgan fingerprint density at radius 2 is 2.23 bits per heavy atom. The highest BCUT2D eigenvalue weighted by atomic mass is 16.5. The van der Waals surface area contributed by atoms with Crippen LogP contribution in [0.25, 0.3) is 11.5 Å². The summed E-state index contributed by atoms with van der Waals surface area (Å²) in [5, 5.41) is 14.4. The van der Waals surface area contributed by atoms with E-state index in [1.165, 1.54) is 12.3 Å². The van der Waals surface area contributed by atoms with Gasteiger partial charge >= 0.3 is 0 Å². The van der Waals surface area contributed by atoms with E-state index in [-0.39, 0.29) is 5.75 Å². The minimum absolute atomic E-state index is 0.135. The Hall–Kier alpha value is -1.91. The van der Waals surface area contributed by atoms with Crippen LogP contribution in [0.2, 0.25) is 0 Å². The summed E-state index contributed by atoms with van der Waals surface area (Å²) in [5.41, 5.74) is 0.538. The van der Waals surface area contributed by atoms with Crippen molar-refractivity contribution in [2.75, 3.05) is 0 Å². The molecule has 13 heavy (non-hydrogen) atoms. The Bertz CT molecular complexity index is 408. The third kappa shape index (κ3) is 1.48. The van der Waals surface area contributed by atoms with Gasteiger partial charge in [0.05, 0.1) is 6.20 Å². The molecule has 0 aliphatic heterocycles. The maximum absolute atomic E-state index is 10.7. The number of pyridine rings is 1. The van der Waals surface area contributed by atoms with E-state index in [4.69, 9.17) is 4.52 Å². The van der Waals surface area contributed by atoms with Crippen molar-refractivity contribution in [3.63, 3.8) is 0 Å². The molecule has 1 radical (unpaired) electrons. The molecule has 2 aromatic rings. The Balaban J connectivity index is 2.41. The van der Waals surface area contributed by atoms with Crippen molar-refractivity contribution in [3.8, 4) is 17.3 Å². The second-order valence-corrected chi connectivity index (χ2v) is 2.52. The lowest BCUT2D eigenvalue weighted by Crippen LogP contribution is -1.83. The Kier molecular flexibility index (Phi) is 1.70. The number of aryl methyl sites for hydroxylation is 1. The van der Waals surface area contributed by atoms with Crippen molar-refractivity contribution >= 4 is 0 Å². The van der Waals surface area contributed by atoms with Gasteiger partial charge in [0.2, 0.25) is 11.7 Å². The van der Waals surface area contributed by atoms with Crippen LogP contribution >= 0.6 is 0 Å². The SMILES string of the molecule is Cc1nc(-c2ccc([O])cn2)no1. The molecular formula is C8H6N3O2. The van der Waals surface area contributed by atoms with Crippen LogP contribution in [0.1, 0.15) is 5.89 Å². The van der Waals surface area contributed by atoms with Gasteiger partial charge in [0.25, 0.3) is 0 Å². The Morgan fingerprint density at radius 3 is 2.77 bits per heavy atom. The predicted octanol–water partition coefficient (Wildman–Crippen LogP) is 1.58. The summed E-state index contributed by atoms with van der Waals surface area (Å²) >= 11 is 0. The summed E-state index contributed by atoms with van der Waals surface area (Å²) in [6.45, 7) is 1.69. The van der Waals surface area contributed by atoms with Crippen molar-refractivity contribution < 1.29 is 9.63 Å². The van der Waals surface area contributed by atoms with Crippen molar-refractivity contribution in [1.29, 1.82) is 0 Å². The summed E-state index contributed by atoms with van der Waals surface area (Å²) in [5.74, 6) is 0.740. The van der Waals surface area contributed by atoms with Gasteiger partial charge in [-0.15, -0.1) is 0 Å². The largest absolute Gasteiger partial charge is 0.339 e. The van der Waals surface area contributed by atoms with Crippen molar-refractivity contribution in [1.82, 2.24) is 15.1 Å². The second kappa shape index (κ2) is 2.85. The first-order chi connectivity index (χ1) is 6.25. The molecule has 0 N–H and O–H groups in total. The fourth-order valence-electron chi connectivity index (χ4n) is 0.916. The highest BCUT2D eigenvalue weighted by Crippen LogP contribution is 2.15. The molecule has 0 aliphatic carbocycles. The lowest BCUT2D eigenvalue weighted by Gasteiger charge is -1.90. The quantitative estimate of drug-likeness (QED) is 0.661. The van der Waals surface area contributed by atoms with E-state index >= 15 is 0 Å². The van der Waals surface area contributed by atoms with E-state index in [0.717, 1.165) is 0 Å². The average molecular weight is 176 g/mol. The minimum atomic E-state index is -0.135. The average Bonchev–Trinajstić information content (AvgIpc) is 2.53. The molecule has 65 valence electrons. The second-order valence-electron chi connectivity index (χ2n) is 2.52. The van der Waals surface area contributed by atoms with Gasteiger partial charge in [-0.05, 0) is 12.1 Å². The maximum atomic E-state index is 10.7. The molecule has 2 aromatic heterocycles. The van der Waals surface area contributed by atoms with Crippen LogP contribution in [0.15, 0.2) is 22.9 Å². The lowest BCUT2D eigenvalue weighted by atomic mass is 10.3. The summed E-state index contributed by atoms with van der Waals surface area (Å²) in [4.78, 5) is 7.83. The van der Waals surface area contributed by atoms with Crippen molar-refractivity contribution in [3.05, 3.63) is 24.2 Å². The maximum Gasteiger partial charge on any atom is 0.223 e. The molecule has 0 spiro atoms.